The highest BCUT2D eigenvalue weighted by Gasteiger charge is 2.13. The van der Waals surface area contributed by atoms with Gasteiger partial charge in [0, 0.05) is 36.6 Å². The molecule has 0 saturated heterocycles. The molecule has 0 saturated carbocycles. The van der Waals surface area contributed by atoms with Crippen LogP contribution in [0, 0.1) is 0 Å². The van der Waals surface area contributed by atoms with Crippen molar-refractivity contribution in [1.82, 2.24) is 14.8 Å². The summed E-state index contributed by atoms with van der Waals surface area (Å²) in [5, 5.41) is 5.91. The van der Waals surface area contributed by atoms with E-state index in [1.54, 1.807) is 36.5 Å². The SMILES string of the molecule is Cn1cc(C(=O)c2cccc3ccncc23)cn1. The fraction of sp³-hybridized carbons (Fsp3) is 0.0714. The third-order valence-electron chi connectivity index (χ3n) is 2.90. The second kappa shape index (κ2) is 4.07. The molecule has 0 spiro atoms. The van der Waals surface area contributed by atoms with Gasteiger partial charge in [0.15, 0.2) is 5.78 Å². The van der Waals surface area contributed by atoms with Crippen LogP contribution in [0.3, 0.4) is 0 Å². The zero-order valence-electron chi connectivity index (χ0n) is 9.87. The van der Waals surface area contributed by atoms with E-state index in [1.807, 2.05) is 24.3 Å². The van der Waals surface area contributed by atoms with Gasteiger partial charge in [0.2, 0.25) is 0 Å². The number of rotatable bonds is 2. The predicted molar refractivity (Wildman–Crippen MR) is 68.4 cm³/mol. The number of carbonyl (C=O) groups is 1. The van der Waals surface area contributed by atoms with E-state index in [1.165, 1.54) is 0 Å². The monoisotopic (exact) mass is 237 g/mol. The minimum Gasteiger partial charge on any atom is -0.288 e. The zero-order chi connectivity index (χ0) is 12.5. The van der Waals surface area contributed by atoms with Gasteiger partial charge in [-0.15, -0.1) is 0 Å². The summed E-state index contributed by atoms with van der Waals surface area (Å²) >= 11 is 0. The molecule has 0 atom stereocenters. The molecule has 0 radical (unpaired) electrons. The number of hydrogen-bond donors (Lipinski definition) is 0. The fourth-order valence-electron chi connectivity index (χ4n) is 2.01. The van der Waals surface area contributed by atoms with E-state index in [2.05, 4.69) is 10.1 Å². The van der Waals surface area contributed by atoms with Gasteiger partial charge in [-0.3, -0.25) is 14.5 Å². The van der Waals surface area contributed by atoms with Crippen LogP contribution in [0.2, 0.25) is 0 Å². The Balaban J connectivity index is 2.17. The molecule has 0 amide bonds. The lowest BCUT2D eigenvalue weighted by Gasteiger charge is -2.03. The average molecular weight is 237 g/mol. The minimum absolute atomic E-state index is 0.0262. The smallest absolute Gasteiger partial charge is 0.196 e. The number of benzene rings is 1. The van der Waals surface area contributed by atoms with Gasteiger partial charge in [0.05, 0.1) is 11.8 Å². The Morgan fingerprint density at radius 1 is 1.22 bits per heavy atom. The van der Waals surface area contributed by atoms with Crippen molar-refractivity contribution in [1.29, 1.82) is 0 Å². The van der Waals surface area contributed by atoms with Gasteiger partial charge in [-0.1, -0.05) is 18.2 Å². The Morgan fingerprint density at radius 2 is 2.11 bits per heavy atom. The second-order valence-corrected chi connectivity index (χ2v) is 4.13. The summed E-state index contributed by atoms with van der Waals surface area (Å²) in [6, 6.07) is 7.57. The van der Waals surface area contributed by atoms with E-state index in [4.69, 9.17) is 0 Å². The van der Waals surface area contributed by atoms with Gasteiger partial charge < -0.3 is 0 Å². The quantitative estimate of drug-likeness (QED) is 0.642. The van der Waals surface area contributed by atoms with Crippen LogP contribution in [0.15, 0.2) is 49.1 Å². The van der Waals surface area contributed by atoms with Crippen molar-refractivity contribution in [2.24, 2.45) is 7.05 Å². The number of hydrogen-bond acceptors (Lipinski definition) is 3. The number of nitrogens with zero attached hydrogens (tertiary/aromatic N) is 3. The first-order chi connectivity index (χ1) is 8.75. The lowest BCUT2D eigenvalue weighted by molar-refractivity contribution is 0.104. The van der Waals surface area contributed by atoms with E-state index in [9.17, 15) is 4.79 Å². The number of fused-ring (bicyclic) bond motifs is 1. The van der Waals surface area contributed by atoms with E-state index in [0.29, 0.717) is 11.1 Å². The van der Waals surface area contributed by atoms with Crippen molar-refractivity contribution in [2.75, 3.05) is 0 Å². The molecule has 1 aromatic carbocycles. The number of aromatic nitrogens is 3. The summed E-state index contributed by atoms with van der Waals surface area (Å²) < 4.78 is 1.62. The summed E-state index contributed by atoms with van der Waals surface area (Å²) in [6.07, 6.45) is 6.74. The van der Waals surface area contributed by atoms with Crippen molar-refractivity contribution in [3.63, 3.8) is 0 Å². The van der Waals surface area contributed by atoms with Crippen molar-refractivity contribution >= 4 is 16.6 Å². The van der Waals surface area contributed by atoms with E-state index in [0.717, 1.165) is 10.8 Å². The summed E-state index contributed by atoms with van der Waals surface area (Å²) in [7, 11) is 1.79. The first-order valence-corrected chi connectivity index (χ1v) is 5.62. The lowest BCUT2D eigenvalue weighted by Crippen LogP contribution is -2.01. The van der Waals surface area contributed by atoms with Crippen LogP contribution >= 0.6 is 0 Å². The maximum Gasteiger partial charge on any atom is 0.196 e. The van der Waals surface area contributed by atoms with Gasteiger partial charge in [-0.05, 0) is 11.5 Å². The van der Waals surface area contributed by atoms with Gasteiger partial charge >= 0.3 is 0 Å². The summed E-state index contributed by atoms with van der Waals surface area (Å²) in [5.74, 6) is -0.0262. The topological polar surface area (TPSA) is 47.8 Å². The van der Waals surface area contributed by atoms with Gasteiger partial charge in [0.1, 0.15) is 0 Å². The van der Waals surface area contributed by atoms with Crippen molar-refractivity contribution < 1.29 is 4.79 Å². The van der Waals surface area contributed by atoms with Crippen LogP contribution in [0.5, 0.6) is 0 Å². The molecule has 2 heterocycles. The largest absolute Gasteiger partial charge is 0.288 e. The van der Waals surface area contributed by atoms with Crippen LogP contribution < -0.4 is 0 Å². The van der Waals surface area contributed by atoms with Crippen LogP contribution in [0.25, 0.3) is 10.8 Å². The number of carbonyl (C=O) groups excluding carboxylic acids is 1. The zero-order valence-corrected chi connectivity index (χ0v) is 9.87. The first kappa shape index (κ1) is 10.7. The molecule has 88 valence electrons. The molecule has 4 heteroatoms. The maximum absolute atomic E-state index is 12.4. The fourth-order valence-corrected chi connectivity index (χ4v) is 2.01. The van der Waals surface area contributed by atoms with Crippen molar-refractivity contribution in [3.8, 4) is 0 Å². The molecular weight excluding hydrogens is 226 g/mol. The van der Waals surface area contributed by atoms with Gasteiger partial charge in [0.25, 0.3) is 0 Å². The molecule has 3 rings (SSSR count). The molecule has 0 aliphatic rings. The van der Waals surface area contributed by atoms with E-state index in [-0.39, 0.29) is 5.78 Å². The van der Waals surface area contributed by atoms with Gasteiger partial charge in [-0.25, -0.2) is 0 Å². The van der Waals surface area contributed by atoms with Crippen molar-refractivity contribution in [2.45, 2.75) is 0 Å². The molecule has 0 aliphatic carbocycles. The summed E-state index contributed by atoms with van der Waals surface area (Å²) in [5.41, 5.74) is 1.25. The predicted octanol–water partition coefficient (Wildman–Crippen LogP) is 2.20. The highest BCUT2D eigenvalue weighted by Crippen LogP contribution is 2.20. The molecule has 3 aromatic rings. The molecule has 0 N–H and O–H groups in total. The van der Waals surface area contributed by atoms with E-state index >= 15 is 0 Å². The minimum atomic E-state index is -0.0262. The van der Waals surface area contributed by atoms with Crippen LogP contribution in [0.4, 0.5) is 0 Å². The van der Waals surface area contributed by atoms with Crippen LogP contribution in [0.1, 0.15) is 15.9 Å². The first-order valence-electron chi connectivity index (χ1n) is 5.62. The Labute approximate surface area is 104 Å². The maximum atomic E-state index is 12.4. The Morgan fingerprint density at radius 3 is 2.89 bits per heavy atom. The van der Waals surface area contributed by atoms with Gasteiger partial charge in [-0.2, -0.15) is 5.10 Å². The molecular formula is C14H11N3O. The highest BCUT2D eigenvalue weighted by molar-refractivity contribution is 6.16. The van der Waals surface area contributed by atoms with Crippen LogP contribution in [-0.2, 0) is 7.05 Å². The number of ketones is 1. The molecule has 4 nitrogen and oxygen atoms in total. The Bertz CT molecular complexity index is 725. The molecule has 2 aromatic heterocycles. The van der Waals surface area contributed by atoms with Crippen molar-refractivity contribution in [3.05, 3.63) is 60.2 Å². The Kier molecular flexibility index (Phi) is 2.41. The molecule has 18 heavy (non-hydrogen) atoms. The lowest BCUT2D eigenvalue weighted by atomic mass is 10.0. The molecule has 0 unspecified atom stereocenters. The third-order valence-corrected chi connectivity index (χ3v) is 2.90. The molecule has 0 fully saturated rings. The molecule has 0 aliphatic heterocycles. The van der Waals surface area contributed by atoms with E-state index < -0.39 is 0 Å². The standard InChI is InChI=1S/C14H11N3O/c1-17-9-11(7-16-17)14(18)12-4-2-3-10-5-6-15-8-13(10)12/h2-9H,1H3. The average Bonchev–Trinajstić information content (AvgIpc) is 2.84. The summed E-state index contributed by atoms with van der Waals surface area (Å²) in [4.78, 5) is 16.5. The third kappa shape index (κ3) is 1.68. The number of pyridine rings is 1. The summed E-state index contributed by atoms with van der Waals surface area (Å²) in [6.45, 7) is 0. The second-order valence-electron chi connectivity index (χ2n) is 4.13. The normalized spacial score (nSPS) is 10.7. The number of aryl methyl sites for hydroxylation is 1. The molecule has 0 bridgehead atoms. The highest BCUT2D eigenvalue weighted by atomic mass is 16.1. The van der Waals surface area contributed by atoms with Crippen LogP contribution in [-0.4, -0.2) is 20.5 Å². The Hall–Kier alpha value is -2.49.